The Hall–Kier alpha value is -2.08. The zero-order valence-corrected chi connectivity index (χ0v) is 14.6. The summed E-state index contributed by atoms with van der Waals surface area (Å²) in [6, 6.07) is 6.09. The molecule has 1 heterocycles. The fourth-order valence-electron chi connectivity index (χ4n) is 2.09. The van der Waals surface area contributed by atoms with Crippen LogP contribution in [0.25, 0.3) is 0 Å². The molecular formula is C16H22ClN5O. The summed E-state index contributed by atoms with van der Waals surface area (Å²) in [5.41, 5.74) is 8.00. The van der Waals surface area contributed by atoms with Crippen molar-refractivity contribution in [1.29, 1.82) is 0 Å². The summed E-state index contributed by atoms with van der Waals surface area (Å²) in [7, 11) is 0. The Morgan fingerprint density at radius 1 is 1.22 bits per heavy atom. The zero-order chi connectivity index (χ0) is 17.0. The topological polar surface area (TPSA) is 86.0 Å². The van der Waals surface area contributed by atoms with Crippen molar-refractivity contribution in [3.63, 3.8) is 0 Å². The summed E-state index contributed by atoms with van der Waals surface area (Å²) in [5, 5.41) is 2.82. The molecule has 3 N–H and O–H groups in total. The van der Waals surface area contributed by atoms with Crippen molar-refractivity contribution in [2.45, 2.75) is 39.1 Å². The molecule has 1 aromatic heterocycles. The Balaban J connectivity index is 1.98. The van der Waals surface area contributed by atoms with Crippen LogP contribution in [0.4, 0.5) is 11.9 Å². The molecule has 0 aliphatic rings. The summed E-state index contributed by atoms with van der Waals surface area (Å²) < 4.78 is 5.84. The molecular weight excluding hydrogens is 314 g/mol. The summed E-state index contributed by atoms with van der Waals surface area (Å²) in [5.74, 6) is 1.86. The first-order valence-corrected chi connectivity index (χ1v) is 7.91. The minimum Gasteiger partial charge on any atom is -0.491 e. The van der Waals surface area contributed by atoms with Crippen LogP contribution < -0.4 is 15.8 Å². The SMILES string of the molecule is Cc1ccc(OCC(C)Nc2nc(N)nc(C(C)Cl)n2)c(C)c1. The highest BCUT2D eigenvalue weighted by atomic mass is 35.5. The van der Waals surface area contributed by atoms with Gasteiger partial charge in [-0.05, 0) is 39.3 Å². The number of halogens is 1. The van der Waals surface area contributed by atoms with Crippen molar-refractivity contribution in [3.05, 3.63) is 35.2 Å². The van der Waals surface area contributed by atoms with Crippen LogP contribution in [0.2, 0.25) is 0 Å². The van der Waals surface area contributed by atoms with E-state index in [9.17, 15) is 0 Å². The van der Waals surface area contributed by atoms with Crippen LogP contribution in [0.3, 0.4) is 0 Å². The number of nitrogen functional groups attached to an aromatic ring is 1. The normalized spacial score (nSPS) is 13.4. The van der Waals surface area contributed by atoms with E-state index in [2.05, 4.69) is 33.3 Å². The lowest BCUT2D eigenvalue weighted by Crippen LogP contribution is -2.25. The van der Waals surface area contributed by atoms with E-state index >= 15 is 0 Å². The molecule has 0 radical (unpaired) electrons. The third-order valence-corrected chi connectivity index (χ3v) is 3.42. The van der Waals surface area contributed by atoms with Gasteiger partial charge in [-0.3, -0.25) is 0 Å². The Bertz CT molecular complexity index is 678. The predicted octanol–water partition coefficient (Wildman–Crippen LogP) is 3.25. The Morgan fingerprint density at radius 2 is 1.96 bits per heavy atom. The molecule has 0 aliphatic heterocycles. The summed E-state index contributed by atoms with van der Waals surface area (Å²) in [6.07, 6.45) is 0. The largest absolute Gasteiger partial charge is 0.491 e. The first-order valence-electron chi connectivity index (χ1n) is 7.47. The maximum absolute atomic E-state index is 5.99. The molecule has 0 fully saturated rings. The highest BCUT2D eigenvalue weighted by Crippen LogP contribution is 2.20. The first-order chi connectivity index (χ1) is 10.8. The highest BCUT2D eigenvalue weighted by molar-refractivity contribution is 6.20. The number of nitrogens with zero attached hydrogens (tertiary/aromatic N) is 3. The molecule has 0 aliphatic carbocycles. The van der Waals surface area contributed by atoms with Gasteiger partial charge in [0, 0.05) is 0 Å². The second kappa shape index (κ2) is 7.46. The van der Waals surface area contributed by atoms with E-state index in [-0.39, 0.29) is 17.4 Å². The monoisotopic (exact) mass is 335 g/mol. The van der Waals surface area contributed by atoms with Crippen molar-refractivity contribution in [3.8, 4) is 5.75 Å². The van der Waals surface area contributed by atoms with Gasteiger partial charge in [-0.15, -0.1) is 11.6 Å². The molecule has 2 atom stereocenters. The molecule has 0 bridgehead atoms. The van der Waals surface area contributed by atoms with E-state index in [0.717, 1.165) is 11.3 Å². The number of hydrogen-bond donors (Lipinski definition) is 2. The smallest absolute Gasteiger partial charge is 0.228 e. The number of nitrogens with one attached hydrogen (secondary N) is 1. The van der Waals surface area contributed by atoms with Gasteiger partial charge in [-0.25, -0.2) is 0 Å². The Morgan fingerprint density at radius 3 is 2.61 bits per heavy atom. The maximum Gasteiger partial charge on any atom is 0.228 e. The van der Waals surface area contributed by atoms with Crippen LogP contribution in [0, 0.1) is 13.8 Å². The lowest BCUT2D eigenvalue weighted by atomic mass is 10.1. The molecule has 7 heteroatoms. The number of nitrogens with two attached hydrogens (primary N) is 1. The standard InChI is InChI=1S/C16H22ClN5O/c1-9-5-6-13(10(2)7-9)23-8-11(3)19-16-21-14(12(4)17)20-15(18)22-16/h5-7,11-12H,8H2,1-4H3,(H3,18,19,20,21,22). The van der Waals surface area contributed by atoms with Crippen molar-refractivity contribution in [2.75, 3.05) is 17.7 Å². The number of aromatic nitrogens is 3. The van der Waals surface area contributed by atoms with Gasteiger partial charge in [0.25, 0.3) is 0 Å². The van der Waals surface area contributed by atoms with Crippen LogP contribution in [0.1, 0.15) is 36.2 Å². The number of hydrogen-bond acceptors (Lipinski definition) is 6. The van der Waals surface area contributed by atoms with E-state index in [0.29, 0.717) is 18.4 Å². The molecule has 0 saturated carbocycles. The molecule has 0 spiro atoms. The van der Waals surface area contributed by atoms with Gasteiger partial charge in [0.05, 0.1) is 11.4 Å². The Kier molecular flexibility index (Phi) is 5.60. The average molecular weight is 336 g/mol. The summed E-state index contributed by atoms with van der Waals surface area (Å²) in [4.78, 5) is 12.3. The lowest BCUT2D eigenvalue weighted by Gasteiger charge is -2.17. The van der Waals surface area contributed by atoms with Gasteiger partial charge in [0.15, 0.2) is 5.82 Å². The van der Waals surface area contributed by atoms with Gasteiger partial charge in [0.2, 0.25) is 11.9 Å². The van der Waals surface area contributed by atoms with Crippen molar-refractivity contribution in [1.82, 2.24) is 15.0 Å². The van der Waals surface area contributed by atoms with E-state index in [1.807, 2.05) is 26.0 Å². The number of aryl methyl sites for hydroxylation is 2. The molecule has 6 nitrogen and oxygen atoms in total. The molecule has 2 unspecified atom stereocenters. The van der Waals surface area contributed by atoms with E-state index in [4.69, 9.17) is 22.1 Å². The second-order valence-electron chi connectivity index (χ2n) is 5.62. The minimum absolute atomic E-state index is 0.00372. The maximum atomic E-state index is 5.99. The number of benzene rings is 1. The third kappa shape index (κ3) is 4.96. The lowest BCUT2D eigenvalue weighted by molar-refractivity contribution is 0.301. The van der Waals surface area contributed by atoms with Crippen LogP contribution >= 0.6 is 11.6 Å². The Labute approximate surface area is 141 Å². The van der Waals surface area contributed by atoms with Crippen LogP contribution in [-0.2, 0) is 0 Å². The van der Waals surface area contributed by atoms with E-state index in [1.54, 1.807) is 6.92 Å². The summed E-state index contributed by atoms with van der Waals surface area (Å²) >= 11 is 5.99. The van der Waals surface area contributed by atoms with E-state index in [1.165, 1.54) is 5.56 Å². The zero-order valence-electron chi connectivity index (χ0n) is 13.8. The van der Waals surface area contributed by atoms with Crippen molar-refractivity contribution in [2.24, 2.45) is 0 Å². The molecule has 0 amide bonds. The number of anilines is 2. The van der Waals surface area contributed by atoms with Gasteiger partial charge < -0.3 is 15.8 Å². The summed E-state index contributed by atoms with van der Waals surface area (Å²) in [6.45, 7) is 8.32. The van der Waals surface area contributed by atoms with E-state index < -0.39 is 0 Å². The molecule has 23 heavy (non-hydrogen) atoms. The number of rotatable bonds is 6. The van der Waals surface area contributed by atoms with Gasteiger partial charge >= 0.3 is 0 Å². The third-order valence-electron chi connectivity index (χ3n) is 3.22. The molecule has 124 valence electrons. The number of alkyl halides is 1. The van der Waals surface area contributed by atoms with Gasteiger partial charge in [-0.2, -0.15) is 15.0 Å². The highest BCUT2D eigenvalue weighted by Gasteiger charge is 2.12. The van der Waals surface area contributed by atoms with Crippen LogP contribution in [0.15, 0.2) is 18.2 Å². The number of ether oxygens (including phenoxy) is 1. The van der Waals surface area contributed by atoms with Crippen molar-refractivity contribution < 1.29 is 4.74 Å². The van der Waals surface area contributed by atoms with Crippen LogP contribution in [-0.4, -0.2) is 27.6 Å². The second-order valence-corrected chi connectivity index (χ2v) is 6.27. The molecule has 0 saturated heterocycles. The quantitative estimate of drug-likeness (QED) is 0.788. The van der Waals surface area contributed by atoms with Crippen LogP contribution in [0.5, 0.6) is 5.75 Å². The average Bonchev–Trinajstić information content (AvgIpc) is 2.45. The molecule has 2 aromatic rings. The molecule has 1 aromatic carbocycles. The first kappa shape index (κ1) is 17.3. The fraction of sp³-hybridized carbons (Fsp3) is 0.438. The molecule has 2 rings (SSSR count). The van der Waals surface area contributed by atoms with Crippen molar-refractivity contribution >= 4 is 23.5 Å². The predicted molar refractivity (Wildman–Crippen MR) is 93.0 cm³/mol. The van der Waals surface area contributed by atoms with Gasteiger partial charge in [-0.1, -0.05) is 17.7 Å². The fourth-order valence-corrected chi connectivity index (χ4v) is 2.19. The minimum atomic E-state index is -0.331. The van der Waals surface area contributed by atoms with Gasteiger partial charge in [0.1, 0.15) is 12.4 Å².